The van der Waals surface area contributed by atoms with E-state index in [-0.39, 0.29) is 18.9 Å². The number of carbonyl (C=O) groups excluding carboxylic acids is 2. The summed E-state index contributed by atoms with van der Waals surface area (Å²) in [6.45, 7) is -0.388. The van der Waals surface area contributed by atoms with Gasteiger partial charge in [-0.1, -0.05) is 45.4 Å². The van der Waals surface area contributed by atoms with Crippen LogP contribution in [0.3, 0.4) is 0 Å². The minimum atomic E-state index is -0.536. The number of ether oxygens (including phenoxy) is 1. The summed E-state index contributed by atoms with van der Waals surface area (Å²) in [5.41, 5.74) is 1.93. The summed E-state index contributed by atoms with van der Waals surface area (Å²) < 4.78 is 7.35. The van der Waals surface area contributed by atoms with E-state index in [9.17, 15) is 9.59 Å². The number of ketones is 1. The SMILES string of the molecule is O=C(Cn1nnc2ccccc21)OCC(=O)c1ccc(Br)cc1. The van der Waals surface area contributed by atoms with Crippen LogP contribution in [-0.2, 0) is 16.1 Å². The van der Waals surface area contributed by atoms with Crippen molar-refractivity contribution in [3.05, 3.63) is 58.6 Å². The highest BCUT2D eigenvalue weighted by Gasteiger charge is 2.12. The van der Waals surface area contributed by atoms with E-state index in [4.69, 9.17) is 4.74 Å². The first kappa shape index (κ1) is 15.4. The van der Waals surface area contributed by atoms with E-state index in [1.165, 1.54) is 4.68 Å². The third-order valence-electron chi connectivity index (χ3n) is 3.23. The maximum atomic E-state index is 11.9. The number of carbonyl (C=O) groups is 2. The van der Waals surface area contributed by atoms with E-state index < -0.39 is 5.97 Å². The van der Waals surface area contributed by atoms with Crippen LogP contribution < -0.4 is 0 Å². The highest BCUT2D eigenvalue weighted by molar-refractivity contribution is 9.10. The van der Waals surface area contributed by atoms with Gasteiger partial charge in [0.25, 0.3) is 0 Å². The van der Waals surface area contributed by atoms with Gasteiger partial charge in [0.05, 0.1) is 5.52 Å². The molecule has 1 aromatic heterocycles. The minimum absolute atomic E-state index is 0.0892. The molecule has 0 amide bonds. The second kappa shape index (κ2) is 6.70. The second-order valence-corrected chi connectivity index (χ2v) is 5.74. The molecule has 0 bridgehead atoms. The van der Waals surface area contributed by atoms with Crippen LogP contribution in [0.15, 0.2) is 53.0 Å². The molecule has 0 aliphatic heterocycles. The average molecular weight is 374 g/mol. The van der Waals surface area contributed by atoms with Gasteiger partial charge in [0.2, 0.25) is 0 Å². The van der Waals surface area contributed by atoms with Crippen LogP contribution in [0.1, 0.15) is 10.4 Å². The Morgan fingerprint density at radius 3 is 2.61 bits per heavy atom. The first-order chi connectivity index (χ1) is 11.1. The molecule has 23 heavy (non-hydrogen) atoms. The summed E-state index contributed by atoms with van der Waals surface area (Å²) in [6, 6.07) is 14.2. The molecule has 7 heteroatoms. The Labute approximate surface area is 140 Å². The smallest absolute Gasteiger partial charge is 0.328 e. The van der Waals surface area contributed by atoms with Crippen LogP contribution in [0.2, 0.25) is 0 Å². The van der Waals surface area contributed by atoms with Crippen molar-refractivity contribution in [2.24, 2.45) is 0 Å². The molecule has 6 nitrogen and oxygen atoms in total. The maximum Gasteiger partial charge on any atom is 0.328 e. The number of nitrogens with zero attached hydrogens (tertiary/aromatic N) is 3. The summed E-state index contributed by atoms with van der Waals surface area (Å²) >= 11 is 3.30. The maximum absolute atomic E-state index is 11.9. The van der Waals surface area contributed by atoms with Gasteiger partial charge in [-0.15, -0.1) is 5.10 Å². The van der Waals surface area contributed by atoms with E-state index in [0.29, 0.717) is 11.1 Å². The third-order valence-corrected chi connectivity index (χ3v) is 3.76. The monoisotopic (exact) mass is 373 g/mol. The molecule has 1 heterocycles. The van der Waals surface area contributed by atoms with Gasteiger partial charge in [0.15, 0.2) is 12.4 Å². The lowest BCUT2D eigenvalue weighted by Crippen LogP contribution is -2.19. The lowest BCUT2D eigenvalue weighted by atomic mass is 10.1. The lowest BCUT2D eigenvalue weighted by Gasteiger charge is -2.05. The highest BCUT2D eigenvalue weighted by atomic mass is 79.9. The summed E-state index contributed by atoms with van der Waals surface area (Å²) in [5.74, 6) is -0.791. The predicted molar refractivity (Wildman–Crippen MR) is 87.0 cm³/mol. The molecular weight excluding hydrogens is 362 g/mol. The predicted octanol–water partition coefficient (Wildman–Crippen LogP) is 2.62. The number of hydrogen-bond acceptors (Lipinski definition) is 5. The van der Waals surface area contributed by atoms with Gasteiger partial charge in [0.1, 0.15) is 12.1 Å². The zero-order chi connectivity index (χ0) is 16.2. The number of esters is 1. The van der Waals surface area contributed by atoms with Crippen molar-refractivity contribution in [1.82, 2.24) is 15.0 Å². The topological polar surface area (TPSA) is 74.1 Å². The van der Waals surface area contributed by atoms with Crippen LogP contribution >= 0.6 is 15.9 Å². The van der Waals surface area contributed by atoms with E-state index >= 15 is 0 Å². The van der Waals surface area contributed by atoms with Crippen molar-refractivity contribution in [2.45, 2.75) is 6.54 Å². The molecule has 0 saturated heterocycles. The van der Waals surface area contributed by atoms with Gasteiger partial charge < -0.3 is 4.74 Å². The second-order valence-electron chi connectivity index (χ2n) is 4.83. The van der Waals surface area contributed by atoms with Crippen molar-refractivity contribution in [1.29, 1.82) is 0 Å². The number of para-hydroxylation sites is 1. The van der Waals surface area contributed by atoms with Crippen LogP contribution in [0.4, 0.5) is 0 Å². The van der Waals surface area contributed by atoms with Gasteiger partial charge in [0, 0.05) is 10.0 Å². The highest BCUT2D eigenvalue weighted by Crippen LogP contribution is 2.12. The number of aromatic nitrogens is 3. The molecule has 0 N–H and O–H groups in total. The third kappa shape index (κ3) is 3.62. The summed E-state index contributed by atoms with van der Waals surface area (Å²) in [4.78, 5) is 23.8. The van der Waals surface area contributed by atoms with Crippen LogP contribution in [0, 0.1) is 0 Å². The fourth-order valence-electron chi connectivity index (χ4n) is 2.07. The summed E-state index contributed by atoms with van der Waals surface area (Å²) in [5, 5.41) is 7.86. The van der Waals surface area contributed by atoms with Crippen LogP contribution in [0.25, 0.3) is 11.0 Å². The molecular formula is C16H12BrN3O3. The molecule has 0 unspecified atom stereocenters. The Hall–Kier alpha value is -2.54. The molecule has 116 valence electrons. The molecule has 0 atom stereocenters. The Bertz CT molecular complexity index is 858. The first-order valence-electron chi connectivity index (χ1n) is 6.86. The molecule has 0 radical (unpaired) electrons. The number of halogens is 1. The Balaban J connectivity index is 1.59. The van der Waals surface area contributed by atoms with Crippen LogP contribution in [0.5, 0.6) is 0 Å². The van der Waals surface area contributed by atoms with Gasteiger partial charge in [-0.3, -0.25) is 9.59 Å². The molecule has 0 saturated carbocycles. The van der Waals surface area contributed by atoms with Crippen molar-refractivity contribution in [2.75, 3.05) is 6.61 Å². The average Bonchev–Trinajstić information content (AvgIpc) is 2.96. The minimum Gasteiger partial charge on any atom is -0.456 e. The first-order valence-corrected chi connectivity index (χ1v) is 7.65. The number of hydrogen-bond donors (Lipinski definition) is 0. The number of rotatable bonds is 5. The number of benzene rings is 2. The fourth-order valence-corrected chi connectivity index (χ4v) is 2.33. The van der Waals surface area contributed by atoms with Crippen molar-refractivity contribution in [3.63, 3.8) is 0 Å². The Kier molecular flexibility index (Phi) is 4.47. The fraction of sp³-hybridized carbons (Fsp3) is 0.125. The van der Waals surface area contributed by atoms with E-state index in [1.54, 1.807) is 30.3 Å². The Morgan fingerprint density at radius 2 is 1.83 bits per heavy atom. The van der Waals surface area contributed by atoms with Crippen LogP contribution in [-0.4, -0.2) is 33.4 Å². The van der Waals surface area contributed by atoms with Gasteiger partial charge in [-0.05, 0) is 24.3 Å². The van der Waals surface area contributed by atoms with E-state index in [1.807, 2.05) is 18.2 Å². The van der Waals surface area contributed by atoms with Crippen molar-refractivity contribution < 1.29 is 14.3 Å². The van der Waals surface area contributed by atoms with Crippen molar-refractivity contribution in [3.8, 4) is 0 Å². The number of Topliss-reactive ketones (excluding diaryl/α,β-unsaturated/α-hetero) is 1. The number of fused-ring (bicyclic) bond motifs is 1. The molecule has 0 spiro atoms. The lowest BCUT2D eigenvalue weighted by molar-refractivity contribution is -0.143. The Morgan fingerprint density at radius 1 is 1.09 bits per heavy atom. The summed E-state index contributed by atoms with van der Waals surface area (Å²) in [7, 11) is 0. The van der Waals surface area contributed by atoms with Crippen molar-refractivity contribution >= 4 is 38.7 Å². The normalized spacial score (nSPS) is 10.7. The largest absolute Gasteiger partial charge is 0.456 e. The van der Waals surface area contributed by atoms with Gasteiger partial charge in [-0.25, -0.2) is 4.68 Å². The molecule has 3 aromatic rings. The summed E-state index contributed by atoms with van der Waals surface area (Å²) in [6.07, 6.45) is 0. The van der Waals surface area contributed by atoms with Gasteiger partial charge >= 0.3 is 5.97 Å². The molecule has 3 rings (SSSR count). The zero-order valence-corrected chi connectivity index (χ0v) is 13.6. The quantitative estimate of drug-likeness (QED) is 0.507. The van der Waals surface area contributed by atoms with E-state index in [0.717, 1.165) is 9.99 Å². The molecule has 2 aromatic carbocycles. The molecule has 0 aliphatic carbocycles. The van der Waals surface area contributed by atoms with E-state index in [2.05, 4.69) is 26.2 Å². The zero-order valence-electron chi connectivity index (χ0n) is 12.0. The molecule has 0 fully saturated rings. The standard InChI is InChI=1S/C16H12BrN3O3/c17-12-7-5-11(6-8-12)15(21)10-23-16(22)9-20-14-4-2-1-3-13(14)18-19-20/h1-8H,9-10H2. The van der Waals surface area contributed by atoms with Gasteiger partial charge in [-0.2, -0.15) is 0 Å². The molecule has 0 aliphatic rings.